The summed E-state index contributed by atoms with van der Waals surface area (Å²) in [5, 5.41) is 0. The third-order valence-electron chi connectivity index (χ3n) is 2.78. The van der Waals surface area contributed by atoms with Gasteiger partial charge in [0, 0.05) is 19.6 Å². The summed E-state index contributed by atoms with van der Waals surface area (Å²) in [5.41, 5.74) is 6.83. The topological polar surface area (TPSA) is 38.5 Å². The Balaban J connectivity index is 2.52. The third kappa shape index (κ3) is 3.83. The molecule has 1 aromatic rings. The Hall–Kier alpha value is -1.06. The minimum absolute atomic E-state index is 0.722. The smallest absolute Gasteiger partial charge is 0.122 e. The number of hydrogen-bond acceptors (Lipinski definition) is 3. The van der Waals surface area contributed by atoms with Crippen LogP contribution >= 0.6 is 0 Å². The number of para-hydroxylation sites is 1. The van der Waals surface area contributed by atoms with E-state index in [9.17, 15) is 0 Å². The number of methoxy groups -OCH3 is 1. The van der Waals surface area contributed by atoms with Crippen molar-refractivity contribution in [3.8, 4) is 5.75 Å². The molecule has 16 heavy (non-hydrogen) atoms. The molecule has 0 amide bonds. The van der Waals surface area contributed by atoms with Crippen LogP contribution in [0.2, 0.25) is 0 Å². The molecule has 1 aromatic carbocycles. The highest BCUT2D eigenvalue weighted by atomic mass is 16.5. The van der Waals surface area contributed by atoms with Gasteiger partial charge >= 0.3 is 0 Å². The second-order valence-corrected chi connectivity index (χ2v) is 3.78. The maximum atomic E-state index is 5.56. The van der Waals surface area contributed by atoms with Crippen molar-refractivity contribution in [3.05, 3.63) is 29.8 Å². The quantitative estimate of drug-likeness (QED) is 0.760. The molecular weight excluding hydrogens is 200 g/mol. The molecule has 90 valence electrons. The number of nitrogens with zero attached hydrogens (tertiary/aromatic N) is 1. The van der Waals surface area contributed by atoms with Crippen LogP contribution in [0, 0.1) is 0 Å². The summed E-state index contributed by atoms with van der Waals surface area (Å²) >= 11 is 0. The number of likely N-dealkylation sites (N-methyl/N-ethyl adjacent to an activating group) is 1. The third-order valence-corrected chi connectivity index (χ3v) is 2.78. The minimum Gasteiger partial charge on any atom is -0.496 e. The summed E-state index contributed by atoms with van der Waals surface area (Å²) in [6, 6.07) is 8.18. The molecule has 2 N–H and O–H groups in total. The molecule has 3 nitrogen and oxygen atoms in total. The molecule has 0 radical (unpaired) electrons. The number of benzene rings is 1. The molecule has 0 aromatic heterocycles. The summed E-state index contributed by atoms with van der Waals surface area (Å²) in [6.45, 7) is 5.93. The maximum Gasteiger partial charge on any atom is 0.122 e. The fourth-order valence-corrected chi connectivity index (χ4v) is 1.80. The van der Waals surface area contributed by atoms with Crippen LogP contribution in [0.3, 0.4) is 0 Å². The van der Waals surface area contributed by atoms with E-state index in [2.05, 4.69) is 24.0 Å². The highest BCUT2D eigenvalue weighted by molar-refractivity contribution is 5.33. The van der Waals surface area contributed by atoms with Gasteiger partial charge in [-0.15, -0.1) is 0 Å². The van der Waals surface area contributed by atoms with Crippen LogP contribution in [-0.4, -0.2) is 38.2 Å². The Labute approximate surface area is 98.2 Å². The molecule has 0 aliphatic rings. The molecule has 0 saturated heterocycles. The van der Waals surface area contributed by atoms with E-state index in [1.165, 1.54) is 5.56 Å². The summed E-state index contributed by atoms with van der Waals surface area (Å²) < 4.78 is 5.33. The van der Waals surface area contributed by atoms with Crippen molar-refractivity contribution in [1.82, 2.24) is 4.90 Å². The summed E-state index contributed by atoms with van der Waals surface area (Å²) in [4.78, 5) is 2.35. The van der Waals surface area contributed by atoms with Crippen molar-refractivity contribution < 1.29 is 4.74 Å². The molecule has 0 spiro atoms. The van der Waals surface area contributed by atoms with E-state index in [1.807, 2.05) is 12.1 Å². The maximum absolute atomic E-state index is 5.56. The number of ether oxygens (including phenoxy) is 1. The van der Waals surface area contributed by atoms with Gasteiger partial charge in [0.25, 0.3) is 0 Å². The van der Waals surface area contributed by atoms with E-state index in [0.717, 1.165) is 38.3 Å². The molecule has 0 atom stereocenters. The van der Waals surface area contributed by atoms with E-state index in [1.54, 1.807) is 7.11 Å². The molecule has 3 heteroatoms. The van der Waals surface area contributed by atoms with E-state index < -0.39 is 0 Å². The van der Waals surface area contributed by atoms with Gasteiger partial charge in [0.2, 0.25) is 0 Å². The van der Waals surface area contributed by atoms with Crippen LogP contribution in [0.4, 0.5) is 0 Å². The van der Waals surface area contributed by atoms with Crippen molar-refractivity contribution in [1.29, 1.82) is 0 Å². The SMILES string of the molecule is CCN(CCN)CCc1ccccc1OC. The van der Waals surface area contributed by atoms with E-state index in [4.69, 9.17) is 10.5 Å². The average Bonchev–Trinajstić information content (AvgIpc) is 2.34. The first-order valence-corrected chi connectivity index (χ1v) is 5.86. The Bertz CT molecular complexity index is 302. The fourth-order valence-electron chi connectivity index (χ4n) is 1.80. The standard InChI is InChI=1S/C13H22N2O/c1-3-15(11-9-14)10-8-12-6-4-5-7-13(12)16-2/h4-7H,3,8-11,14H2,1-2H3. The van der Waals surface area contributed by atoms with Crippen molar-refractivity contribution >= 4 is 0 Å². The van der Waals surface area contributed by atoms with Crippen LogP contribution < -0.4 is 10.5 Å². The Morgan fingerprint density at radius 2 is 2.00 bits per heavy atom. The van der Waals surface area contributed by atoms with E-state index in [-0.39, 0.29) is 0 Å². The predicted octanol–water partition coefficient (Wildman–Crippen LogP) is 1.52. The Morgan fingerprint density at radius 1 is 1.25 bits per heavy atom. The molecule has 0 aliphatic carbocycles. The number of rotatable bonds is 7. The number of nitrogens with two attached hydrogens (primary N) is 1. The molecule has 1 rings (SSSR count). The molecule has 0 saturated carbocycles. The highest BCUT2D eigenvalue weighted by Crippen LogP contribution is 2.17. The minimum atomic E-state index is 0.722. The second-order valence-electron chi connectivity index (χ2n) is 3.78. The van der Waals surface area contributed by atoms with Crippen molar-refractivity contribution in [2.75, 3.05) is 33.3 Å². The van der Waals surface area contributed by atoms with E-state index in [0.29, 0.717) is 0 Å². The monoisotopic (exact) mass is 222 g/mol. The summed E-state index contributed by atoms with van der Waals surface area (Å²) in [5.74, 6) is 0.978. The zero-order valence-electron chi connectivity index (χ0n) is 10.3. The van der Waals surface area contributed by atoms with Crippen LogP contribution in [-0.2, 0) is 6.42 Å². The summed E-state index contributed by atoms with van der Waals surface area (Å²) in [6.07, 6.45) is 1.01. The van der Waals surface area contributed by atoms with Gasteiger partial charge < -0.3 is 15.4 Å². The van der Waals surface area contributed by atoms with E-state index >= 15 is 0 Å². The lowest BCUT2D eigenvalue weighted by Gasteiger charge is -2.19. The van der Waals surface area contributed by atoms with Crippen LogP contribution in [0.5, 0.6) is 5.75 Å². The Morgan fingerprint density at radius 3 is 2.62 bits per heavy atom. The fraction of sp³-hybridized carbons (Fsp3) is 0.538. The molecule has 0 fully saturated rings. The van der Waals surface area contributed by atoms with Crippen LogP contribution in [0.25, 0.3) is 0 Å². The highest BCUT2D eigenvalue weighted by Gasteiger charge is 2.05. The lowest BCUT2D eigenvalue weighted by Crippen LogP contribution is -2.31. The van der Waals surface area contributed by atoms with Crippen molar-refractivity contribution in [3.63, 3.8) is 0 Å². The van der Waals surface area contributed by atoms with Crippen LogP contribution in [0.15, 0.2) is 24.3 Å². The zero-order valence-corrected chi connectivity index (χ0v) is 10.3. The van der Waals surface area contributed by atoms with Gasteiger partial charge in [0.15, 0.2) is 0 Å². The van der Waals surface area contributed by atoms with Crippen molar-refractivity contribution in [2.45, 2.75) is 13.3 Å². The second kappa shape index (κ2) is 7.25. The Kier molecular flexibility index (Phi) is 5.90. The van der Waals surface area contributed by atoms with Gasteiger partial charge in [-0.3, -0.25) is 0 Å². The van der Waals surface area contributed by atoms with Gasteiger partial charge in [-0.05, 0) is 24.6 Å². The summed E-state index contributed by atoms with van der Waals surface area (Å²) in [7, 11) is 1.72. The first kappa shape index (κ1) is 13.0. The predicted molar refractivity (Wildman–Crippen MR) is 67.9 cm³/mol. The average molecular weight is 222 g/mol. The van der Waals surface area contributed by atoms with Gasteiger partial charge in [-0.1, -0.05) is 25.1 Å². The largest absolute Gasteiger partial charge is 0.496 e. The first-order chi connectivity index (χ1) is 7.81. The lowest BCUT2D eigenvalue weighted by molar-refractivity contribution is 0.298. The molecule has 0 aliphatic heterocycles. The molecule has 0 heterocycles. The first-order valence-electron chi connectivity index (χ1n) is 5.86. The van der Waals surface area contributed by atoms with Gasteiger partial charge in [0.05, 0.1) is 7.11 Å². The van der Waals surface area contributed by atoms with Gasteiger partial charge in [-0.2, -0.15) is 0 Å². The zero-order chi connectivity index (χ0) is 11.8. The molecule has 0 unspecified atom stereocenters. The van der Waals surface area contributed by atoms with Crippen LogP contribution in [0.1, 0.15) is 12.5 Å². The van der Waals surface area contributed by atoms with Crippen molar-refractivity contribution in [2.24, 2.45) is 5.73 Å². The normalized spacial score (nSPS) is 10.8. The lowest BCUT2D eigenvalue weighted by atomic mass is 10.1. The number of hydrogen-bond donors (Lipinski definition) is 1. The van der Waals surface area contributed by atoms with Gasteiger partial charge in [-0.25, -0.2) is 0 Å². The van der Waals surface area contributed by atoms with Gasteiger partial charge in [0.1, 0.15) is 5.75 Å². The molecular formula is C13H22N2O. The molecule has 0 bridgehead atoms.